The number of halogens is 4. The Morgan fingerprint density at radius 3 is 2.46 bits per heavy atom. The van der Waals surface area contributed by atoms with Crippen LogP contribution in [0, 0.1) is 24.6 Å². The highest BCUT2D eigenvalue weighted by Crippen LogP contribution is 2.33. The van der Waals surface area contributed by atoms with E-state index >= 15 is 4.39 Å². The molecule has 0 saturated carbocycles. The first-order valence-corrected chi connectivity index (χ1v) is 17.2. The fourth-order valence-corrected chi connectivity index (χ4v) is 6.48. The number of anilines is 3. The third-order valence-electron chi connectivity index (χ3n) is 8.19. The molecule has 11 nitrogen and oxygen atoms in total. The maximum Gasteiger partial charge on any atom is 0.416 e. The number of sulfonamides is 1. The van der Waals surface area contributed by atoms with E-state index in [4.69, 9.17) is 0 Å². The van der Waals surface area contributed by atoms with Gasteiger partial charge in [-0.3, -0.25) is 18.8 Å². The molecule has 2 aromatic carbocycles. The molecule has 2 N–H and O–H groups in total. The Balaban J connectivity index is 1.23. The summed E-state index contributed by atoms with van der Waals surface area (Å²) in [5.41, 5.74) is 2.14. The molecular weight excluding hydrogens is 676 g/mol. The summed E-state index contributed by atoms with van der Waals surface area (Å²) in [5.74, 6) is 4.19. The summed E-state index contributed by atoms with van der Waals surface area (Å²) in [6.45, 7) is 2.78. The molecule has 6 rings (SSSR count). The zero-order valence-electron chi connectivity index (χ0n) is 27.2. The van der Waals surface area contributed by atoms with Crippen molar-refractivity contribution in [2.75, 3.05) is 43.1 Å². The van der Waals surface area contributed by atoms with Crippen LogP contribution in [0.15, 0.2) is 67.3 Å². The maximum atomic E-state index is 15.1. The number of amides is 1. The molecule has 0 unspecified atom stereocenters. The average Bonchev–Trinajstić information content (AvgIpc) is 3.66. The summed E-state index contributed by atoms with van der Waals surface area (Å²) in [7, 11) is -1.57. The van der Waals surface area contributed by atoms with Gasteiger partial charge in [-0.2, -0.15) is 22.6 Å². The lowest BCUT2D eigenvalue weighted by Gasteiger charge is -2.33. The van der Waals surface area contributed by atoms with Crippen LogP contribution in [0.5, 0.6) is 0 Å². The molecule has 0 bridgehead atoms. The summed E-state index contributed by atoms with van der Waals surface area (Å²) in [6.07, 6.45) is 3.26. The van der Waals surface area contributed by atoms with Crippen LogP contribution in [0.2, 0.25) is 0 Å². The third-order valence-corrected chi connectivity index (χ3v) is 9.49. The Bertz CT molecular complexity index is 2260. The number of nitrogens with zero attached hydrogens (tertiary/aromatic N) is 6. The molecule has 50 heavy (non-hydrogen) atoms. The lowest BCUT2D eigenvalue weighted by atomic mass is 10.0. The second-order valence-electron chi connectivity index (χ2n) is 12.0. The second-order valence-corrected chi connectivity index (χ2v) is 14.0. The van der Waals surface area contributed by atoms with Crippen LogP contribution in [0.4, 0.5) is 34.6 Å². The number of carbonyl (C=O) groups excluding carboxylic acids is 1. The molecule has 1 amide bonds. The van der Waals surface area contributed by atoms with Crippen LogP contribution in [0.25, 0.3) is 5.65 Å². The van der Waals surface area contributed by atoms with Crippen LogP contribution in [0.1, 0.15) is 38.3 Å². The number of aryl methyl sites for hydroxylation is 2. The van der Waals surface area contributed by atoms with Crippen LogP contribution in [0.3, 0.4) is 0 Å². The summed E-state index contributed by atoms with van der Waals surface area (Å²) in [5, 5.41) is 9.84. The highest BCUT2D eigenvalue weighted by Gasteiger charge is 2.32. The molecule has 0 spiro atoms. The lowest BCUT2D eigenvalue weighted by molar-refractivity contribution is -0.137. The molecule has 5 aromatic rings. The Morgan fingerprint density at radius 2 is 1.78 bits per heavy atom. The maximum absolute atomic E-state index is 15.1. The van der Waals surface area contributed by atoms with Gasteiger partial charge in [-0.05, 0) is 66.4 Å². The monoisotopic (exact) mass is 708 g/mol. The van der Waals surface area contributed by atoms with E-state index in [9.17, 15) is 26.4 Å². The van der Waals surface area contributed by atoms with Crippen molar-refractivity contribution in [3.05, 3.63) is 107 Å². The first-order valence-electron chi connectivity index (χ1n) is 15.4. The highest BCUT2D eigenvalue weighted by atomic mass is 32.2. The van der Waals surface area contributed by atoms with E-state index in [2.05, 4.69) is 32.6 Å². The average molecular weight is 709 g/mol. The van der Waals surface area contributed by atoms with Gasteiger partial charge in [0.05, 0.1) is 41.2 Å². The van der Waals surface area contributed by atoms with Crippen molar-refractivity contribution in [2.45, 2.75) is 19.6 Å². The number of carbonyl (C=O) groups is 1. The molecule has 0 radical (unpaired) electrons. The van der Waals surface area contributed by atoms with Gasteiger partial charge in [0.15, 0.2) is 5.65 Å². The van der Waals surface area contributed by atoms with Gasteiger partial charge >= 0.3 is 6.18 Å². The minimum absolute atomic E-state index is 0.0906. The SMILES string of the molecule is Cc1cc(F)c(C(=O)Nc2cc(CN3CCN(S(C)(=O)=O)CC3)cc(C(F)(F)F)c2)cc1C#Cc1cnc2c(Nc3cnn(C)c3)cccn12. The van der Waals surface area contributed by atoms with Gasteiger partial charge in [0.2, 0.25) is 10.0 Å². The zero-order chi connectivity index (χ0) is 35.8. The van der Waals surface area contributed by atoms with E-state index in [1.807, 2.05) is 23.2 Å². The number of piperazine rings is 1. The van der Waals surface area contributed by atoms with Crippen molar-refractivity contribution < 1.29 is 30.8 Å². The van der Waals surface area contributed by atoms with Crippen LogP contribution in [-0.4, -0.2) is 75.1 Å². The number of fused-ring (bicyclic) bond motifs is 1. The summed E-state index contributed by atoms with van der Waals surface area (Å²) in [4.78, 5) is 19.6. The zero-order valence-corrected chi connectivity index (χ0v) is 28.0. The van der Waals surface area contributed by atoms with Crippen molar-refractivity contribution in [1.82, 2.24) is 28.4 Å². The number of rotatable bonds is 7. The number of nitrogens with one attached hydrogen (secondary N) is 2. The molecule has 260 valence electrons. The fourth-order valence-electron chi connectivity index (χ4n) is 5.65. The van der Waals surface area contributed by atoms with Crippen molar-refractivity contribution in [3.8, 4) is 11.8 Å². The van der Waals surface area contributed by atoms with Crippen molar-refractivity contribution >= 4 is 38.6 Å². The van der Waals surface area contributed by atoms with E-state index in [0.29, 0.717) is 35.6 Å². The van der Waals surface area contributed by atoms with E-state index in [0.717, 1.165) is 35.8 Å². The molecule has 16 heteroatoms. The molecule has 1 aliphatic heterocycles. The molecule has 0 aliphatic carbocycles. The van der Waals surface area contributed by atoms with Crippen LogP contribution >= 0.6 is 0 Å². The third kappa shape index (κ3) is 7.80. The van der Waals surface area contributed by atoms with Crippen molar-refractivity contribution in [1.29, 1.82) is 0 Å². The van der Waals surface area contributed by atoms with Crippen molar-refractivity contribution in [2.24, 2.45) is 7.05 Å². The Kier molecular flexibility index (Phi) is 9.40. The topological polar surface area (TPSA) is 117 Å². The van der Waals surface area contributed by atoms with Gasteiger partial charge in [0.1, 0.15) is 11.5 Å². The Morgan fingerprint density at radius 1 is 1.02 bits per heavy atom. The number of aromatic nitrogens is 4. The molecule has 4 heterocycles. The van der Waals surface area contributed by atoms with Crippen molar-refractivity contribution in [3.63, 3.8) is 0 Å². The smallest absolute Gasteiger partial charge is 0.350 e. The minimum Gasteiger partial charge on any atom is -0.350 e. The van der Waals surface area contributed by atoms with Gasteiger partial charge in [-0.1, -0.05) is 5.92 Å². The Hall–Kier alpha value is -5.24. The van der Waals surface area contributed by atoms with E-state index in [1.165, 1.54) is 16.4 Å². The van der Waals surface area contributed by atoms with Gasteiger partial charge < -0.3 is 10.6 Å². The number of benzene rings is 2. The van der Waals surface area contributed by atoms with Gasteiger partial charge in [-0.15, -0.1) is 0 Å². The van der Waals surface area contributed by atoms with Gasteiger partial charge in [-0.25, -0.2) is 17.8 Å². The molecule has 1 saturated heterocycles. The lowest BCUT2D eigenvalue weighted by Crippen LogP contribution is -2.47. The summed E-state index contributed by atoms with van der Waals surface area (Å²) < 4.78 is 85.1. The van der Waals surface area contributed by atoms with Gasteiger partial charge in [0, 0.05) is 63.4 Å². The largest absolute Gasteiger partial charge is 0.416 e. The standard InChI is InChI=1S/C34H32F4N8O3S/c1-22-13-30(35)29(16-24(22)6-7-28-19-39-32-31(5-4-8-46(28)32)41-27-18-40-43(2)21-27)33(47)42-26-15-23(14-25(17-26)34(36,37)38)20-44-9-11-45(12-10-44)50(3,48)49/h4-5,8,13-19,21,41H,9-12,20H2,1-3H3,(H,42,47). The molecule has 3 aromatic heterocycles. The fraction of sp³-hybridized carbons (Fsp3) is 0.265. The highest BCUT2D eigenvalue weighted by molar-refractivity contribution is 7.88. The first kappa shape index (κ1) is 34.6. The van der Waals surface area contributed by atoms with E-state index in [-0.39, 0.29) is 30.9 Å². The predicted molar refractivity (Wildman–Crippen MR) is 180 cm³/mol. The van der Waals surface area contributed by atoms with E-state index < -0.39 is 39.1 Å². The quantitative estimate of drug-likeness (QED) is 0.181. The number of pyridine rings is 1. The first-order chi connectivity index (χ1) is 23.6. The predicted octanol–water partition coefficient (Wildman–Crippen LogP) is 5.01. The van der Waals surface area contributed by atoms with E-state index in [1.54, 1.807) is 41.6 Å². The summed E-state index contributed by atoms with van der Waals surface area (Å²) >= 11 is 0. The molecule has 0 atom stereocenters. The number of imidazole rings is 1. The molecule has 1 fully saturated rings. The summed E-state index contributed by atoms with van der Waals surface area (Å²) in [6, 6.07) is 9.26. The minimum atomic E-state index is -4.71. The molecule has 1 aliphatic rings. The number of hydrogen-bond donors (Lipinski definition) is 2. The van der Waals surface area contributed by atoms with Crippen LogP contribution < -0.4 is 10.6 Å². The second kappa shape index (κ2) is 13.6. The number of alkyl halides is 3. The van der Waals surface area contributed by atoms with Gasteiger partial charge in [0.25, 0.3) is 5.91 Å². The number of hydrogen-bond acceptors (Lipinski definition) is 7. The van der Waals surface area contributed by atoms with Crippen LogP contribution in [-0.2, 0) is 29.8 Å². The normalized spacial score (nSPS) is 14.4. The Labute approximate surface area is 285 Å². The molecular formula is C34H32F4N8O3S.